The van der Waals surface area contributed by atoms with Gasteiger partial charge in [0.25, 0.3) is 0 Å². The first kappa shape index (κ1) is 18.5. The molecule has 0 aromatic heterocycles. The van der Waals surface area contributed by atoms with Gasteiger partial charge in [0.15, 0.2) is 0 Å². The minimum Gasteiger partial charge on any atom is -0.402 e. The van der Waals surface area contributed by atoms with Crippen LogP contribution in [0.2, 0.25) is 5.02 Å². The lowest BCUT2D eigenvalue weighted by atomic mass is 9.74. The smallest absolute Gasteiger partial charge is 0.402 e. The van der Waals surface area contributed by atoms with Crippen LogP contribution in [0, 0.1) is 5.82 Å². The number of alkyl halides is 3. The highest BCUT2D eigenvalue weighted by Crippen LogP contribution is 2.41. The monoisotopic (exact) mass is 353 g/mol. The zero-order chi connectivity index (χ0) is 17.8. The summed E-state index contributed by atoms with van der Waals surface area (Å²) >= 11 is 5.58. The maximum atomic E-state index is 14.2. The Bertz CT molecular complexity index is 606. The summed E-state index contributed by atoms with van der Waals surface area (Å²) in [7, 11) is -1.09. The van der Waals surface area contributed by atoms with Crippen LogP contribution in [-0.4, -0.2) is 18.3 Å². The van der Waals surface area contributed by atoms with E-state index in [4.69, 9.17) is 26.6 Å². The summed E-state index contributed by atoms with van der Waals surface area (Å²) in [6.07, 6.45) is -4.66. The molecule has 0 radical (unpaired) electrons. The number of nitrogens with two attached hydrogens (primary N) is 1. The van der Waals surface area contributed by atoms with Gasteiger partial charge in [-0.1, -0.05) is 11.6 Å². The van der Waals surface area contributed by atoms with Gasteiger partial charge in [0, 0.05) is 5.56 Å². The largest absolute Gasteiger partial charge is 0.480 e. The molecule has 1 heterocycles. The van der Waals surface area contributed by atoms with Crippen LogP contribution in [0.15, 0.2) is 12.1 Å². The fraction of sp³-hybridized carbons (Fsp3) is 0.571. The average Bonchev–Trinajstić information content (AvgIpc) is 2.59. The van der Waals surface area contributed by atoms with Crippen molar-refractivity contribution >= 4 is 18.7 Å². The van der Waals surface area contributed by atoms with Gasteiger partial charge < -0.3 is 15.0 Å². The molecule has 1 fully saturated rings. The molecular weight excluding hydrogens is 336 g/mol. The van der Waals surface area contributed by atoms with Crippen LogP contribution >= 0.6 is 11.6 Å². The summed E-state index contributed by atoms with van der Waals surface area (Å²) in [5, 5.41) is -0.651. The topological polar surface area (TPSA) is 44.5 Å². The van der Waals surface area contributed by atoms with Gasteiger partial charge in [0.2, 0.25) is 0 Å². The molecule has 23 heavy (non-hydrogen) atoms. The second kappa shape index (κ2) is 5.62. The van der Waals surface area contributed by atoms with E-state index in [1.165, 1.54) is 0 Å². The maximum Gasteiger partial charge on any atom is 0.480 e. The van der Waals surface area contributed by atoms with Gasteiger partial charge in [0.1, 0.15) is 5.82 Å². The van der Waals surface area contributed by atoms with Gasteiger partial charge in [-0.25, -0.2) is 4.39 Å². The highest BCUT2D eigenvalue weighted by molar-refractivity contribution is 6.47. The van der Waals surface area contributed by atoms with Gasteiger partial charge in [-0.2, -0.15) is 13.2 Å². The highest BCUT2D eigenvalue weighted by Gasteiger charge is 2.54. The van der Waals surface area contributed by atoms with Crippen molar-refractivity contribution in [1.82, 2.24) is 0 Å². The summed E-state index contributed by atoms with van der Waals surface area (Å²) in [6.45, 7) is 7.04. The van der Waals surface area contributed by atoms with Gasteiger partial charge in [-0.3, -0.25) is 0 Å². The number of halogens is 5. The molecule has 2 N–H and O–H groups in total. The minimum absolute atomic E-state index is 0.400. The van der Waals surface area contributed by atoms with Crippen LogP contribution in [0.1, 0.15) is 44.8 Å². The average molecular weight is 354 g/mol. The first-order valence-electron chi connectivity index (χ1n) is 6.93. The molecule has 2 rings (SSSR count). The Morgan fingerprint density at radius 2 is 1.61 bits per heavy atom. The highest BCUT2D eigenvalue weighted by atomic mass is 35.5. The predicted octanol–water partition coefficient (Wildman–Crippen LogP) is 4.13. The number of rotatable bonds is 2. The lowest BCUT2D eigenvalue weighted by Crippen LogP contribution is -2.41. The van der Waals surface area contributed by atoms with Crippen molar-refractivity contribution in [3.05, 3.63) is 34.1 Å². The Kier molecular flexibility index (Phi) is 4.52. The first-order chi connectivity index (χ1) is 10.3. The van der Waals surface area contributed by atoms with Gasteiger partial charge >= 0.3 is 13.3 Å². The third kappa shape index (κ3) is 3.35. The molecule has 0 aliphatic carbocycles. The molecule has 0 spiro atoms. The van der Waals surface area contributed by atoms with Crippen LogP contribution in [0.25, 0.3) is 0 Å². The minimum atomic E-state index is -4.66. The standard InChI is InChI=1S/C14H17BClF4NO2/c1-12(2)13(3,4)23-15(22-12)11(21)8-5-7(14(18,19)20)6-9(16)10(8)17/h5-6,11H,21H2,1-4H3/t11-/m0/s1. The maximum absolute atomic E-state index is 14.2. The summed E-state index contributed by atoms with van der Waals surface area (Å²) in [6, 6.07) is 1.16. The van der Waals surface area contributed by atoms with Crippen molar-refractivity contribution in [1.29, 1.82) is 0 Å². The van der Waals surface area contributed by atoms with Gasteiger partial charge in [0.05, 0.1) is 27.7 Å². The number of hydrogen-bond donors (Lipinski definition) is 1. The van der Waals surface area contributed by atoms with Crippen LogP contribution in [0.4, 0.5) is 17.6 Å². The van der Waals surface area contributed by atoms with Crippen LogP contribution in [0.3, 0.4) is 0 Å². The third-order valence-electron chi connectivity index (χ3n) is 4.31. The zero-order valence-corrected chi connectivity index (χ0v) is 13.8. The van der Waals surface area contributed by atoms with E-state index >= 15 is 0 Å². The Labute approximate surface area is 137 Å². The van der Waals surface area contributed by atoms with E-state index in [-0.39, 0.29) is 0 Å². The van der Waals surface area contributed by atoms with Crippen molar-refractivity contribution in [2.75, 3.05) is 0 Å². The van der Waals surface area contributed by atoms with E-state index in [0.717, 1.165) is 0 Å². The lowest BCUT2D eigenvalue weighted by Gasteiger charge is -2.32. The van der Waals surface area contributed by atoms with E-state index in [1.807, 2.05) is 0 Å². The van der Waals surface area contributed by atoms with Gasteiger partial charge in [-0.15, -0.1) is 0 Å². The van der Waals surface area contributed by atoms with Crippen LogP contribution < -0.4 is 5.73 Å². The number of benzene rings is 1. The van der Waals surface area contributed by atoms with Crippen molar-refractivity contribution in [3.8, 4) is 0 Å². The summed E-state index contributed by atoms with van der Waals surface area (Å²) in [5.74, 6) is -2.27. The summed E-state index contributed by atoms with van der Waals surface area (Å²) < 4.78 is 64.1. The van der Waals surface area contributed by atoms with E-state index in [9.17, 15) is 17.6 Å². The van der Waals surface area contributed by atoms with E-state index in [1.54, 1.807) is 27.7 Å². The molecule has 1 saturated heterocycles. The molecule has 0 amide bonds. The quantitative estimate of drug-likeness (QED) is 0.642. The van der Waals surface area contributed by atoms with Crippen molar-refractivity contribution in [2.24, 2.45) is 5.73 Å². The molecule has 1 atom stereocenters. The third-order valence-corrected chi connectivity index (χ3v) is 4.58. The summed E-state index contributed by atoms with van der Waals surface area (Å²) in [5.41, 5.74) is 2.95. The second-order valence-corrected chi connectivity index (χ2v) is 6.92. The van der Waals surface area contributed by atoms with E-state index in [0.29, 0.717) is 12.1 Å². The molecular formula is C14H17BClF4NO2. The molecule has 0 unspecified atom stereocenters. The zero-order valence-electron chi connectivity index (χ0n) is 13.1. The molecule has 1 aromatic rings. The lowest BCUT2D eigenvalue weighted by molar-refractivity contribution is -0.137. The molecule has 128 valence electrons. The fourth-order valence-corrected chi connectivity index (χ4v) is 2.43. The van der Waals surface area contributed by atoms with Crippen molar-refractivity contribution in [3.63, 3.8) is 0 Å². The second-order valence-electron chi connectivity index (χ2n) is 6.51. The number of hydrogen-bond acceptors (Lipinski definition) is 3. The van der Waals surface area contributed by atoms with E-state index in [2.05, 4.69) is 0 Å². The molecule has 1 aliphatic heterocycles. The van der Waals surface area contributed by atoms with Crippen LogP contribution in [-0.2, 0) is 15.5 Å². The van der Waals surface area contributed by atoms with E-state index < -0.39 is 52.4 Å². The Balaban J connectivity index is 2.41. The Hall–Kier alpha value is -0.825. The molecule has 3 nitrogen and oxygen atoms in total. The molecule has 1 aromatic carbocycles. The first-order valence-corrected chi connectivity index (χ1v) is 7.31. The SMILES string of the molecule is CC1(C)OB([C@@H](N)c2cc(C(F)(F)F)cc(Cl)c2F)OC1(C)C. The Morgan fingerprint density at radius 3 is 2.04 bits per heavy atom. The molecule has 0 saturated carbocycles. The normalized spacial score (nSPS) is 21.6. The van der Waals surface area contributed by atoms with Crippen LogP contribution in [0.5, 0.6) is 0 Å². The fourth-order valence-electron chi connectivity index (χ4n) is 2.20. The molecule has 9 heteroatoms. The molecule has 1 aliphatic rings. The van der Waals surface area contributed by atoms with Gasteiger partial charge in [-0.05, 0) is 39.8 Å². The predicted molar refractivity (Wildman–Crippen MR) is 79.4 cm³/mol. The Morgan fingerprint density at radius 1 is 1.13 bits per heavy atom. The molecule has 0 bridgehead atoms. The van der Waals surface area contributed by atoms with Crippen molar-refractivity contribution < 1.29 is 26.9 Å². The van der Waals surface area contributed by atoms with Crippen molar-refractivity contribution in [2.45, 2.75) is 51.0 Å². The summed E-state index contributed by atoms with van der Waals surface area (Å²) in [4.78, 5) is 0.